The van der Waals surface area contributed by atoms with Gasteiger partial charge in [0.05, 0.1) is 16.3 Å². The van der Waals surface area contributed by atoms with Crippen LogP contribution < -0.4 is 10.6 Å². The molecular formula is C19H21F4N3O3S. The monoisotopic (exact) mass is 447 g/mol. The summed E-state index contributed by atoms with van der Waals surface area (Å²) in [5.74, 6) is -1.03. The van der Waals surface area contributed by atoms with Gasteiger partial charge in [0.15, 0.2) is 0 Å². The fourth-order valence-corrected chi connectivity index (χ4v) is 3.73. The predicted octanol–water partition coefficient (Wildman–Crippen LogP) is 3.84. The lowest BCUT2D eigenvalue weighted by molar-refractivity contribution is -0.116. The van der Waals surface area contributed by atoms with E-state index >= 15 is 0 Å². The Bertz CT molecular complexity index is 964. The summed E-state index contributed by atoms with van der Waals surface area (Å²) in [6.07, 6.45) is -4.27. The van der Waals surface area contributed by atoms with E-state index in [1.807, 2.05) is 0 Å². The number of para-hydroxylation sites is 2. The summed E-state index contributed by atoms with van der Waals surface area (Å²) in [5, 5.41) is 4.74. The number of hydrogen-bond donors (Lipinski definition) is 2. The summed E-state index contributed by atoms with van der Waals surface area (Å²) in [5.41, 5.74) is 0.318. The molecule has 30 heavy (non-hydrogen) atoms. The van der Waals surface area contributed by atoms with Gasteiger partial charge in [-0.05, 0) is 42.8 Å². The minimum absolute atomic E-state index is 0.0289. The standard InChI is InChI=1S/C19H21F4N3O3S/c1-26(30(28,29)15-10-8-14(20)9-11-15)12-4-7-18(27)25-17-6-3-2-5-16(17)24-13-19(21,22)23/h2-3,5-6,8-11,24H,4,7,12-13H2,1H3,(H,25,27). The molecule has 2 rings (SSSR count). The highest BCUT2D eigenvalue weighted by molar-refractivity contribution is 7.89. The molecule has 0 fully saturated rings. The van der Waals surface area contributed by atoms with Gasteiger partial charge in [-0.25, -0.2) is 17.1 Å². The number of anilines is 2. The maximum absolute atomic E-state index is 13.0. The average Bonchev–Trinajstić information content (AvgIpc) is 2.67. The molecule has 0 radical (unpaired) electrons. The highest BCUT2D eigenvalue weighted by atomic mass is 32.2. The summed E-state index contributed by atoms with van der Waals surface area (Å²) in [6, 6.07) is 10.3. The SMILES string of the molecule is CN(CCCC(=O)Nc1ccccc1NCC(F)(F)F)S(=O)(=O)c1ccc(F)cc1. The number of carbonyl (C=O) groups is 1. The third-order valence-corrected chi connectivity index (χ3v) is 5.95. The molecule has 0 aliphatic carbocycles. The van der Waals surface area contributed by atoms with Crippen LogP contribution in [0.2, 0.25) is 0 Å². The molecule has 6 nitrogen and oxygen atoms in total. The molecule has 0 spiro atoms. The van der Waals surface area contributed by atoms with Crippen molar-refractivity contribution in [1.82, 2.24) is 4.31 Å². The Morgan fingerprint density at radius 1 is 1.03 bits per heavy atom. The van der Waals surface area contributed by atoms with Gasteiger partial charge in [-0.2, -0.15) is 13.2 Å². The van der Waals surface area contributed by atoms with E-state index in [0.29, 0.717) is 0 Å². The van der Waals surface area contributed by atoms with E-state index in [4.69, 9.17) is 0 Å². The third kappa shape index (κ3) is 6.99. The zero-order valence-electron chi connectivity index (χ0n) is 16.0. The highest BCUT2D eigenvalue weighted by Gasteiger charge is 2.27. The molecule has 2 aromatic rings. The topological polar surface area (TPSA) is 78.5 Å². The summed E-state index contributed by atoms with van der Waals surface area (Å²) in [6.45, 7) is -1.22. The lowest BCUT2D eigenvalue weighted by Crippen LogP contribution is -2.28. The molecule has 2 N–H and O–H groups in total. The van der Waals surface area contributed by atoms with Crippen molar-refractivity contribution in [1.29, 1.82) is 0 Å². The van der Waals surface area contributed by atoms with Crippen LogP contribution in [0.1, 0.15) is 12.8 Å². The largest absolute Gasteiger partial charge is 0.405 e. The maximum atomic E-state index is 13.0. The normalized spacial score (nSPS) is 12.1. The van der Waals surface area contributed by atoms with Gasteiger partial charge in [0.1, 0.15) is 12.4 Å². The van der Waals surface area contributed by atoms with Gasteiger partial charge in [0.25, 0.3) is 0 Å². The number of hydrogen-bond acceptors (Lipinski definition) is 4. The Labute approximate surface area is 171 Å². The van der Waals surface area contributed by atoms with Gasteiger partial charge in [-0.15, -0.1) is 0 Å². The minimum atomic E-state index is -4.41. The first-order valence-electron chi connectivity index (χ1n) is 8.90. The first-order valence-corrected chi connectivity index (χ1v) is 10.3. The second-order valence-corrected chi connectivity index (χ2v) is 8.49. The minimum Gasteiger partial charge on any atom is -0.375 e. The van der Waals surface area contributed by atoms with E-state index in [-0.39, 0.29) is 35.7 Å². The molecule has 0 aliphatic rings. The first kappa shape index (κ1) is 23.6. The molecule has 0 aromatic heterocycles. The van der Waals surface area contributed by atoms with Crippen LogP contribution in [-0.2, 0) is 14.8 Å². The van der Waals surface area contributed by atoms with Crippen molar-refractivity contribution >= 4 is 27.3 Å². The lowest BCUT2D eigenvalue weighted by Gasteiger charge is -2.17. The Morgan fingerprint density at radius 3 is 2.23 bits per heavy atom. The number of nitrogens with zero attached hydrogens (tertiary/aromatic N) is 1. The lowest BCUT2D eigenvalue weighted by atomic mass is 10.2. The number of rotatable bonds is 9. The van der Waals surface area contributed by atoms with Crippen LogP contribution in [0.5, 0.6) is 0 Å². The molecule has 11 heteroatoms. The van der Waals surface area contributed by atoms with Crippen molar-refractivity contribution < 1.29 is 30.8 Å². The number of nitrogens with one attached hydrogen (secondary N) is 2. The fourth-order valence-electron chi connectivity index (χ4n) is 2.52. The second kappa shape index (κ2) is 9.90. The highest BCUT2D eigenvalue weighted by Crippen LogP contribution is 2.24. The zero-order valence-corrected chi connectivity index (χ0v) is 16.9. The number of alkyl halides is 3. The van der Waals surface area contributed by atoms with Crippen LogP contribution >= 0.6 is 0 Å². The molecule has 0 saturated carbocycles. The third-order valence-electron chi connectivity index (χ3n) is 4.08. The summed E-state index contributed by atoms with van der Waals surface area (Å²) < 4.78 is 76.0. The van der Waals surface area contributed by atoms with Crippen molar-refractivity contribution in [2.45, 2.75) is 23.9 Å². The number of amides is 1. The van der Waals surface area contributed by atoms with Crippen molar-refractivity contribution in [2.24, 2.45) is 0 Å². The zero-order chi connectivity index (χ0) is 22.4. The molecule has 2 aromatic carbocycles. The van der Waals surface area contributed by atoms with Crippen molar-refractivity contribution in [2.75, 3.05) is 30.8 Å². The maximum Gasteiger partial charge on any atom is 0.405 e. The van der Waals surface area contributed by atoms with Crippen molar-refractivity contribution in [3.63, 3.8) is 0 Å². The quantitative estimate of drug-likeness (QED) is 0.573. The van der Waals surface area contributed by atoms with Crippen LogP contribution in [0, 0.1) is 5.82 Å². The van der Waals surface area contributed by atoms with Crippen molar-refractivity contribution in [3.8, 4) is 0 Å². The van der Waals surface area contributed by atoms with Gasteiger partial charge < -0.3 is 10.6 Å². The Morgan fingerprint density at radius 2 is 1.63 bits per heavy atom. The molecule has 1 amide bonds. The Kier molecular flexibility index (Phi) is 7.79. The van der Waals surface area contributed by atoms with Gasteiger partial charge >= 0.3 is 6.18 Å². The van der Waals surface area contributed by atoms with E-state index < -0.39 is 34.5 Å². The van der Waals surface area contributed by atoms with Crippen LogP contribution in [0.4, 0.5) is 28.9 Å². The summed E-state index contributed by atoms with van der Waals surface area (Å²) in [4.78, 5) is 12.1. The first-order chi connectivity index (χ1) is 14.0. The van der Waals surface area contributed by atoms with Crippen LogP contribution in [0.25, 0.3) is 0 Å². The van der Waals surface area contributed by atoms with E-state index in [1.165, 1.54) is 25.2 Å². The number of carbonyl (C=O) groups excluding carboxylic acids is 1. The number of sulfonamides is 1. The molecule has 0 bridgehead atoms. The Balaban J connectivity index is 1.89. The molecule has 0 saturated heterocycles. The van der Waals surface area contributed by atoms with Crippen molar-refractivity contribution in [3.05, 3.63) is 54.3 Å². The van der Waals surface area contributed by atoms with Crippen LogP contribution in [0.3, 0.4) is 0 Å². The molecular weight excluding hydrogens is 426 g/mol. The average molecular weight is 447 g/mol. The van der Waals surface area contributed by atoms with E-state index in [1.54, 1.807) is 6.07 Å². The molecule has 0 atom stereocenters. The fraction of sp³-hybridized carbons (Fsp3) is 0.316. The summed E-state index contributed by atoms with van der Waals surface area (Å²) in [7, 11) is -2.48. The predicted molar refractivity (Wildman–Crippen MR) is 105 cm³/mol. The van der Waals surface area contributed by atoms with Gasteiger partial charge in [0.2, 0.25) is 15.9 Å². The molecule has 164 valence electrons. The number of benzene rings is 2. The number of halogens is 4. The Hall–Kier alpha value is -2.66. The smallest absolute Gasteiger partial charge is 0.375 e. The molecule has 0 unspecified atom stereocenters. The van der Waals surface area contributed by atoms with Gasteiger partial charge in [-0.3, -0.25) is 4.79 Å². The van der Waals surface area contributed by atoms with E-state index in [2.05, 4.69) is 10.6 Å². The molecule has 0 aliphatic heterocycles. The second-order valence-electron chi connectivity index (χ2n) is 6.45. The van der Waals surface area contributed by atoms with Gasteiger partial charge in [-0.1, -0.05) is 12.1 Å². The molecule has 0 heterocycles. The summed E-state index contributed by atoms with van der Waals surface area (Å²) >= 11 is 0. The van der Waals surface area contributed by atoms with Crippen LogP contribution in [-0.4, -0.2) is 44.9 Å². The van der Waals surface area contributed by atoms with E-state index in [9.17, 15) is 30.8 Å². The van der Waals surface area contributed by atoms with E-state index in [0.717, 1.165) is 28.6 Å². The van der Waals surface area contributed by atoms with Gasteiger partial charge in [0, 0.05) is 20.0 Å². The van der Waals surface area contributed by atoms with Crippen LogP contribution in [0.15, 0.2) is 53.4 Å².